The van der Waals surface area contributed by atoms with Gasteiger partial charge < -0.3 is 28.5 Å². The van der Waals surface area contributed by atoms with E-state index >= 15 is 0 Å². The second kappa shape index (κ2) is 80.8. The average molecular weight is 1410 g/mol. The quantitative estimate of drug-likeness (QED) is 0.0211. The number of allylic oxidation sites excluding steroid dienone is 24. The van der Waals surface area contributed by atoms with E-state index < -0.39 is 24.3 Å². The smallest absolute Gasteiger partial charge is 0.361 e. The molecule has 0 aliphatic carbocycles. The van der Waals surface area contributed by atoms with Crippen LogP contribution in [-0.2, 0) is 33.3 Å². The standard InChI is InChI=1S/C92H157NO8/c1-6-8-10-12-14-16-18-20-22-24-26-28-30-32-34-36-38-40-42-44-45-47-49-51-53-55-57-59-61-63-65-67-69-71-73-75-77-79-81-83-90(95)101-88(87-100-92(91(96)97)98-85-84-93(3,4)5)86-99-89(94)82-80-78-76-74-72-70-68-66-64-62-60-58-56-54-52-50-48-46-43-41-39-37-35-33-31-29-27-25-23-21-19-17-15-13-11-9-7-2/h8-11,14-17,20-23,26-29,32-35,38-41,88,92H,6-7,12-13,18-19,24-25,30-31,36-37,42-87H2,1-5H3/p+1/b10-8-,11-9-,16-14-,17-15-,22-20-,23-21-,28-26-,29-27-,34-32-,35-33-,40-38-,41-39-. The summed E-state index contributed by atoms with van der Waals surface area (Å²) in [4.78, 5) is 37.8. The molecule has 2 atom stereocenters. The monoisotopic (exact) mass is 1410 g/mol. The number of ether oxygens (including phenoxy) is 4. The van der Waals surface area contributed by atoms with Gasteiger partial charge in [0.25, 0.3) is 6.29 Å². The van der Waals surface area contributed by atoms with E-state index in [0.717, 1.165) is 116 Å². The summed E-state index contributed by atoms with van der Waals surface area (Å²) in [5.41, 5.74) is 0. The maximum absolute atomic E-state index is 13.0. The van der Waals surface area contributed by atoms with Crippen LogP contribution in [0.5, 0.6) is 0 Å². The van der Waals surface area contributed by atoms with Crippen LogP contribution in [0.4, 0.5) is 0 Å². The summed E-state index contributed by atoms with van der Waals surface area (Å²) in [6.45, 7) is 4.68. The van der Waals surface area contributed by atoms with Crippen molar-refractivity contribution in [2.45, 2.75) is 373 Å². The topological polar surface area (TPSA) is 108 Å². The summed E-state index contributed by atoms with van der Waals surface area (Å²) in [5, 5.41) is 9.79. The van der Waals surface area contributed by atoms with Crippen LogP contribution in [0.1, 0.15) is 361 Å². The molecule has 0 rings (SSSR count). The highest BCUT2D eigenvalue weighted by atomic mass is 16.7. The summed E-state index contributed by atoms with van der Waals surface area (Å²) in [5.74, 6) is -1.99. The molecule has 1 N–H and O–H groups in total. The van der Waals surface area contributed by atoms with Crippen molar-refractivity contribution in [2.75, 3.05) is 47.5 Å². The molecule has 0 aliphatic rings. The number of nitrogens with zero attached hydrogens (tertiary/aromatic N) is 1. The highest BCUT2D eigenvalue weighted by Crippen LogP contribution is 2.19. The van der Waals surface area contributed by atoms with Crippen molar-refractivity contribution in [1.29, 1.82) is 0 Å². The van der Waals surface area contributed by atoms with Gasteiger partial charge in [0.1, 0.15) is 13.2 Å². The Morgan fingerprint density at radius 3 is 0.792 bits per heavy atom. The first-order chi connectivity index (χ1) is 49.6. The van der Waals surface area contributed by atoms with Crippen molar-refractivity contribution in [2.24, 2.45) is 0 Å². The van der Waals surface area contributed by atoms with E-state index in [1.165, 1.54) is 218 Å². The number of rotatable bonds is 77. The molecular weight excluding hydrogens is 1250 g/mol. The van der Waals surface area contributed by atoms with Gasteiger partial charge in [0, 0.05) is 12.8 Å². The SMILES string of the molecule is CC/C=C\C/C=C\C/C=C\C/C=C\C/C=C\C/C=C\CCCCCCCCCCCCCCCCCCCCCCC(=O)OC(COC(=O)CCCCCCCCCCCCCCCCCCCC/C=C\C/C=C\C/C=C\C/C=C\C/C=C\C/C=C\CC)COC(OCC[N+](C)(C)C)C(=O)O. The third-order valence-electron chi connectivity index (χ3n) is 18.1. The molecule has 9 heteroatoms. The van der Waals surface area contributed by atoms with Crippen molar-refractivity contribution in [3.05, 3.63) is 146 Å². The molecule has 0 radical (unpaired) electrons. The Hall–Kier alpha value is -4.83. The molecule has 101 heavy (non-hydrogen) atoms. The van der Waals surface area contributed by atoms with Gasteiger partial charge in [0.05, 0.1) is 34.4 Å². The van der Waals surface area contributed by atoms with E-state index in [1.807, 2.05) is 21.1 Å². The van der Waals surface area contributed by atoms with Crippen LogP contribution in [0.25, 0.3) is 0 Å². The molecule has 0 saturated carbocycles. The maximum Gasteiger partial charge on any atom is 0.361 e. The number of carboxylic acids is 1. The highest BCUT2D eigenvalue weighted by molar-refractivity contribution is 5.71. The molecule has 0 aromatic carbocycles. The van der Waals surface area contributed by atoms with E-state index in [-0.39, 0.29) is 32.2 Å². The minimum atomic E-state index is -1.52. The molecule has 0 aromatic heterocycles. The number of unbranched alkanes of at least 4 members (excludes halogenated alkanes) is 38. The van der Waals surface area contributed by atoms with Gasteiger partial charge in [-0.25, -0.2) is 4.79 Å². The van der Waals surface area contributed by atoms with Gasteiger partial charge in [0.2, 0.25) is 0 Å². The van der Waals surface area contributed by atoms with Crippen LogP contribution >= 0.6 is 0 Å². The highest BCUT2D eigenvalue weighted by Gasteiger charge is 2.25. The van der Waals surface area contributed by atoms with Gasteiger partial charge in [-0.05, 0) is 116 Å². The second-order valence-corrected chi connectivity index (χ2v) is 29.0. The van der Waals surface area contributed by atoms with Crippen molar-refractivity contribution < 1.29 is 42.9 Å². The number of esters is 2. The van der Waals surface area contributed by atoms with Gasteiger partial charge in [-0.1, -0.05) is 378 Å². The lowest BCUT2D eigenvalue weighted by Gasteiger charge is -2.25. The van der Waals surface area contributed by atoms with E-state index in [4.69, 9.17) is 18.9 Å². The van der Waals surface area contributed by atoms with Crippen molar-refractivity contribution in [1.82, 2.24) is 0 Å². The Morgan fingerprint density at radius 1 is 0.297 bits per heavy atom. The number of carbonyl (C=O) groups excluding carboxylic acids is 2. The molecule has 0 spiro atoms. The molecule has 578 valence electrons. The van der Waals surface area contributed by atoms with Crippen molar-refractivity contribution in [3.8, 4) is 0 Å². The minimum Gasteiger partial charge on any atom is -0.477 e. The summed E-state index contributed by atoms with van der Waals surface area (Å²) in [6.07, 6.45) is 116. The lowest BCUT2D eigenvalue weighted by molar-refractivity contribution is -0.870. The zero-order valence-corrected chi connectivity index (χ0v) is 66.3. The van der Waals surface area contributed by atoms with Crippen LogP contribution in [0.15, 0.2) is 146 Å². The minimum absolute atomic E-state index is 0.183. The summed E-state index contributed by atoms with van der Waals surface area (Å²) >= 11 is 0. The van der Waals surface area contributed by atoms with Crippen molar-refractivity contribution in [3.63, 3.8) is 0 Å². The van der Waals surface area contributed by atoms with Gasteiger partial charge in [-0.2, -0.15) is 0 Å². The van der Waals surface area contributed by atoms with Gasteiger partial charge in [0.15, 0.2) is 6.10 Å². The molecule has 0 aromatic rings. The van der Waals surface area contributed by atoms with E-state index in [9.17, 15) is 19.5 Å². The van der Waals surface area contributed by atoms with E-state index in [0.29, 0.717) is 17.4 Å². The number of hydrogen-bond acceptors (Lipinski definition) is 7. The normalized spacial score (nSPS) is 13.4. The van der Waals surface area contributed by atoms with Crippen LogP contribution in [0.3, 0.4) is 0 Å². The molecule has 0 saturated heterocycles. The first kappa shape index (κ1) is 96.2. The van der Waals surface area contributed by atoms with Crippen LogP contribution in [0, 0.1) is 0 Å². The van der Waals surface area contributed by atoms with E-state index in [2.05, 4.69) is 160 Å². The summed E-state index contributed by atoms with van der Waals surface area (Å²) in [7, 11) is 5.99. The number of carboxylic acid groups (broad SMARTS) is 1. The van der Waals surface area contributed by atoms with Crippen LogP contribution in [0.2, 0.25) is 0 Å². The maximum atomic E-state index is 13.0. The molecule has 0 fully saturated rings. The Kier molecular flexibility index (Phi) is 77.0. The number of aliphatic carboxylic acids is 1. The number of likely N-dealkylation sites (N-methyl/N-ethyl adjacent to an activating group) is 1. The molecule has 0 bridgehead atoms. The second-order valence-electron chi connectivity index (χ2n) is 29.0. The first-order valence-corrected chi connectivity index (χ1v) is 42.0. The zero-order valence-electron chi connectivity index (χ0n) is 66.3. The van der Waals surface area contributed by atoms with E-state index in [1.54, 1.807) is 0 Å². The Morgan fingerprint density at radius 2 is 0.535 bits per heavy atom. The fourth-order valence-corrected chi connectivity index (χ4v) is 11.8. The first-order valence-electron chi connectivity index (χ1n) is 42.0. The lowest BCUT2D eigenvalue weighted by Crippen LogP contribution is -2.40. The predicted molar refractivity (Wildman–Crippen MR) is 437 cm³/mol. The van der Waals surface area contributed by atoms with Crippen LogP contribution < -0.4 is 0 Å². The van der Waals surface area contributed by atoms with Gasteiger partial charge in [-0.3, -0.25) is 9.59 Å². The fraction of sp³-hybridized carbons (Fsp3) is 0.707. The van der Waals surface area contributed by atoms with Gasteiger partial charge >= 0.3 is 17.9 Å². The Balaban J connectivity index is 3.99. The third-order valence-corrected chi connectivity index (χ3v) is 18.1. The largest absolute Gasteiger partial charge is 0.477 e. The molecule has 0 amide bonds. The summed E-state index contributed by atoms with van der Waals surface area (Å²) in [6, 6.07) is 0. The average Bonchev–Trinajstić information content (AvgIpc) is 1.21. The Bertz CT molecular complexity index is 2180. The van der Waals surface area contributed by atoms with Gasteiger partial charge in [-0.15, -0.1) is 0 Å². The summed E-state index contributed by atoms with van der Waals surface area (Å²) < 4.78 is 23.1. The Labute approximate surface area is 623 Å². The molecule has 0 aliphatic heterocycles. The lowest BCUT2D eigenvalue weighted by atomic mass is 10.0. The number of hydrogen-bond donors (Lipinski definition) is 1. The van der Waals surface area contributed by atoms with Crippen LogP contribution in [-0.4, -0.2) is 87.4 Å². The molecule has 0 heterocycles. The third kappa shape index (κ3) is 82.3. The molecule has 2 unspecified atom stereocenters. The fourth-order valence-electron chi connectivity index (χ4n) is 11.8. The van der Waals surface area contributed by atoms with Crippen molar-refractivity contribution >= 4 is 17.9 Å². The molecular formula is C92H158NO8+. The molecule has 9 nitrogen and oxygen atoms in total. The zero-order chi connectivity index (χ0) is 73.2. The predicted octanol–water partition coefficient (Wildman–Crippen LogP) is 27.4. The number of carbonyl (C=O) groups is 3. The number of quaternary nitrogens is 1.